The summed E-state index contributed by atoms with van der Waals surface area (Å²) in [5.41, 5.74) is 0.898. The average Bonchev–Trinajstić information content (AvgIpc) is 2.52. The summed E-state index contributed by atoms with van der Waals surface area (Å²) in [7, 11) is 0. The molecule has 2 aromatic carbocycles. The van der Waals surface area contributed by atoms with Gasteiger partial charge in [-0.25, -0.2) is 0 Å². The molecule has 2 rings (SSSR count). The lowest BCUT2D eigenvalue weighted by Gasteiger charge is -2.12. The zero-order valence-electron chi connectivity index (χ0n) is 11.2. The maximum Gasteiger partial charge on any atom is 0.258 e. The average molecular weight is 284 g/mol. The summed E-state index contributed by atoms with van der Waals surface area (Å²) in [5.74, 6) is -1.55. The lowest BCUT2D eigenvalue weighted by atomic mass is 10.2. The molecule has 0 unspecified atom stereocenters. The van der Waals surface area contributed by atoms with Crippen LogP contribution in [0, 0.1) is 0 Å². The Balaban J connectivity index is 1.86. The second kappa shape index (κ2) is 7.09. The Labute approximate surface area is 122 Å². The highest BCUT2D eigenvalue weighted by molar-refractivity contribution is 5.89. The molecule has 5 nitrogen and oxygen atoms in total. The molecule has 0 saturated heterocycles. The van der Waals surface area contributed by atoms with Crippen molar-refractivity contribution >= 4 is 11.9 Å². The molecule has 0 aromatic heterocycles. The van der Waals surface area contributed by atoms with Crippen LogP contribution < -0.4 is 15.2 Å². The summed E-state index contributed by atoms with van der Waals surface area (Å²) in [6.45, 7) is 0.141. The van der Waals surface area contributed by atoms with Crippen LogP contribution in [-0.4, -0.2) is 18.5 Å². The van der Waals surface area contributed by atoms with Gasteiger partial charge in [-0.1, -0.05) is 42.5 Å². The van der Waals surface area contributed by atoms with Crippen molar-refractivity contribution in [1.29, 1.82) is 0 Å². The van der Waals surface area contributed by atoms with E-state index in [-0.39, 0.29) is 23.8 Å². The number of aromatic carboxylic acids is 1. The van der Waals surface area contributed by atoms with Crippen molar-refractivity contribution in [2.24, 2.45) is 0 Å². The van der Waals surface area contributed by atoms with Gasteiger partial charge in [0.05, 0.1) is 5.97 Å². The summed E-state index contributed by atoms with van der Waals surface area (Å²) in [6.07, 6.45) is 0. The van der Waals surface area contributed by atoms with Gasteiger partial charge in [0, 0.05) is 12.1 Å². The molecule has 0 saturated carbocycles. The predicted molar refractivity (Wildman–Crippen MR) is 74.6 cm³/mol. The van der Waals surface area contributed by atoms with Crippen LogP contribution in [0.5, 0.6) is 5.75 Å². The number of carbonyl (C=O) groups excluding carboxylic acids is 2. The Bertz CT molecular complexity index is 625. The second-order valence-electron chi connectivity index (χ2n) is 4.33. The normalized spacial score (nSPS) is 9.90. The summed E-state index contributed by atoms with van der Waals surface area (Å²) in [5, 5.41) is 13.6. The van der Waals surface area contributed by atoms with Gasteiger partial charge in [0.2, 0.25) is 0 Å². The van der Waals surface area contributed by atoms with E-state index in [4.69, 9.17) is 4.74 Å². The molecule has 5 heteroatoms. The lowest BCUT2D eigenvalue weighted by molar-refractivity contribution is -0.255. The number of nitrogens with one attached hydrogen (secondary N) is 1. The van der Waals surface area contributed by atoms with E-state index in [2.05, 4.69) is 5.32 Å². The number of rotatable bonds is 6. The van der Waals surface area contributed by atoms with E-state index in [0.717, 1.165) is 5.56 Å². The molecule has 0 spiro atoms. The van der Waals surface area contributed by atoms with Crippen molar-refractivity contribution in [1.82, 2.24) is 5.32 Å². The smallest absolute Gasteiger partial charge is 0.258 e. The van der Waals surface area contributed by atoms with Crippen LogP contribution in [0.25, 0.3) is 0 Å². The number of hydrogen-bond donors (Lipinski definition) is 1. The molecule has 0 aliphatic rings. The molecule has 21 heavy (non-hydrogen) atoms. The summed E-state index contributed by atoms with van der Waals surface area (Å²) >= 11 is 0. The summed E-state index contributed by atoms with van der Waals surface area (Å²) < 4.78 is 5.22. The van der Waals surface area contributed by atoms with Crippen LogP contribution in [0.4, 0.5) is 0 Å². The zero-order chi connectivity index (χ0) is 15.1. The van der Waals surface area contributed by atoms with Gasteiger partial charge in [-0.2, -0.15) is 0 Å². The largest absolute Gasteiger partial charge is 0.545 e. The first-order chi connectivity index (χ1) is 10.2. The predicted octanol–water partition coefficient (Wildman–Crippen LogP) is 0.745. The standard InChI is InChI=1S/C16H15NO4/c18-15(17-10-12-6-2-1-3-7-12)11-21-14-9-5-4-8-13(14)16(19)20/h1-9H,10-11H2,(H,17,18)(H,19,20)/p-1. The minimum absolute atomic E-state index is 0.0756. The first-order valence-corrected chi connectivity index (χ1v) is 6.40. The van der Waals surface area contributed by atoms with E-state index in [1.54, 1.807) is 12.1 Å². The van der Waals surface area contributed by atoms with Gasteiger partial charge >= 0.3 is 0 Å². The van der Waals surface area contributed by atoms with E-state index in [0.29, 0.717) is 6.54 Å². The van der Waals surface area contributed by atoms with Gasteiger partial charge in [-0.15, -0.1) is 0 Å². The van der Waals surface area contributed by atoms with E-state index >= 15 is 0 Å². The molecule has 0 aliphatic heterocycles. The minimum atomic E-state index is -1.34. The second-order valence-corrected chi connectivity index (χ2v) is 4.33. The SMILES string of the molecule is O=C(COc1ccccc1C(=O)[O-])NCc1ccccc1. The van der Waals surface area contributed by atoms with Crippen LogP contribution in [0.2, 0.25) is 0 Å². The van der Waals surface area contributed by atoms with Crippen molar-refractivity contribution in [3.63, 3.8) is 0 Å². The molecule has 0 aliphatic carbocycles. The fourth-order valence-electron chi connectivity index (χ4n) is 1.75. The number of benzene rings is 2. The van der Waals surface area contributed by atoms with E-state index in [1.807, 2.05) is 30.3 Å². The fraction of sp³-hybridized carbons (Fsp3) is 0.125. The molecule has 0 atom stereocenters. The Morgan fingerprint density at radius 3 is 2.38 bits per heavy atom. The number of carbonyl (C=O) groups is 2. The van der Waals surface area contributed by atoms with E-state index < -0.39 is 5.97 Å². The number of ether oxygens (including phenoxy) is 1. The molecule has 0 fully saturated rings. The number of carboxylic acids is 1. The van der Waals surface area contributed by atoms with Gasteiger partial charge in [-0.05, 0) is 17.7 Å². The van der Waals surface area contributed by atoms with E-state index in [1.165, 1.54) is 12.1 Å². The highest BCUT2D eigenvalue weighted by atomic mass is 16.5. The van der Waals surface area contributed by atoms with Gasteiger partial charge in [0.15, 0.2) is 6.61 Å². The number of para-hydroxylation sites is 1. The van der Waals surface area contributed by atoms with Crippen molar-refractivity contribution < 1.29 is 19.4 Å². The Kier molecular flexibility index (Phi) is 4.93. The number of amides is 1. The monoisotopic (exact) mass is 284 g/mol. The van der Waals surface area contributed by atoms with Crippen LogP contribution in [0.3, 0.4) is 0 Å². The third kappa shape index (κ3) is 4.35. The summed E-state index contributed by atoms with van der Waals surface area (Å²) in [6, 6.07) is 15.5. The first-order valence-electron chi connectivity index (χ1n) is 6.40. The molecule has 1 N–H and O–H groups in total. The van der Waals surface area contributed by atoms with Crippen LogP contribution in [-0.2, 0) is 11.3 Å². The quantitative estimate of drug-likeness (QED) is 0.849. The lowest BCUT2D eigenvalue weighted by Crippen LogP contribution is -2.29. The topological polar surface area (TPSA) is 78.5 Å². The van der Waals surface area contributed by atoms with Crippen LogP contribution in [0.15, 0.2) is 54.6 Å². The molecule has 0 heterocycles. The summed E-state index contributed by atoms with van der Waals surface area (Å²) in [4.78, 5) is 22.6. The minimum Gasteiger partial charge on any atom is -0.545 e. The van der Waals surface area contributed by atoms with Crippen LogP contribution >= 0.6 is 0 Å². The van der Waals surface area contributed by atoms with Crippen molar-refractivity contribution in [2.45, 2.75) is 6.54 Å². The van der Waals surface area contributed by atoms with Crippen molar-refractivity contribution in [3.8, 4) is 5.75 Å². The molecule has 2 aromatic rings. The van der Waals surface area contributed by atoms with Gasteiger partial charge in [-0.3, -0.25) is 4.79 Å². The van der Waals surface area contributed by atoms with Gasteiger partial charge < -0.3 is 20.0 Å². The van der Waals surface area contributed by atoms with Gasteiger partial charge in [0.25, 0.3) is 5.91 Å². The Hall–Kier alpha value is -2.82. The Morgan fingerprint density at radius 2 is 1.67 bits per heavy atom. The van der Waals surface area contributed by atoms with Gasteiger partial charge in [0.1, 0.15) is 5.75 Å². The highest BCUT2D eigenvalue weighted by Gasteiger charge is 2.07. The molecule has 1 amide bonds. The highest BCUT2D eigenvalue weighted by Crippen LogP contribution is 2.16. The Morgan fingerprint density at radius 1 is 1.00 bits per heavy atom. The maximum atomic E-state index is 11.7. The van der Waals surface area contributed by atoms with Crippen molar-refractivity contribution in [3.05, 3.63) is 65.7 Å². The first kappa shape index (κ1) is 14.6. The third-order valence-corrected chi connectivity index (χ3v) is 2.80. The molecule has 0 bridgehead atoms. The zero-order valence-corrected chi connectivity index (χ0v) is 11.2. The number of hydrogen-bond acceptors (Lipinski definition) is 4. The number of carboxylic acid groups (broad SMARTS) is 1. The molecular formula is C16H14NO4-. The maximum absolute atomic E-state index is 11.7. The van der Waals surface area contributed by atoms with E-state index in [9.17, 15) is 14.7 Å². The fourth-order valence-corrected chi connectivity index (χ4v) is 1.75. The molecule has 0 radical (unpaired) electrons. The van der Waals surface area contributed by atoms with Crippen molar-refractivity contribution in [2.75, 3.05) is 6.61 Å². The molecular weight excluding hydrogens is 270 g/mol. The third-order valence-electron chi connectivity index (χ3n) is 2.80. The van der Waals surface area contributed by atoms with Crippen LogP contribution in [0.1, 0.15) is 15.9 Å². The molecule has 108 valence electrons.